The molecule has 0 saturated heterocycles. The molecule has 2 aromatic heterocycles. The van der Waals surface area contributed by atoms with Gasteiger partial charge in [0.25, 0.3) is 0 Å². The van der Waals surface area contributed by atoms with Crippen LogP contribution in [-0.4, -0.2) is 14.5 Å². The van der Waals surface area contributed by atoms with Crippen molar-refractivity contribution >= 4 is 43.9 Å². The molecule has 0 aliphatic carbocycles. The van der Waals surface area contributed by atoms with Gasteiger partial charge in [-0.2, -0.15) is 0 Å². The lowest BCUT2D eigenvalue weighted by Crippen LogP contribution is -1.97. The number of fused-ring (bicyclic) bond motifs is 5. The summed E-state index contributed by atoms with van der Waals surface area (Å²) >= 11 is 0. The minimum atomic E-state index is 0.849. The van der Waals surface area contributed by atoms with Crippen LogP contribution in [0.25, 0.3) is 94.1 Å². The maximum absolute atomic E-state index is 5.25. The third kappa shape index (κ3) is 5.06. The van der Waals surface area contributed by atoms with Crippen LogP contribution < -0.4 is 0 Å². The summed E-state index contributed by atoms with van der Waals surface area (Å²) in [5.41, 5.74) is 15.1. The zero-order valence-electron chi connectivity index (χ0n) is 27.7. The molecule has 10 aromatic rings. The van der Waals surface area contributed by atoms with Gasteiger partial charge in [-0.1, -0.05) is 133 Å². The first-order valence-corrected chi connectivity index (χ1v) is 17.3. The van der Waals surface area contributed by atoms with E-state index in [1.807, 2.05) is 24.3 Å². The minimum absolute atomic E-state index is 0.849. The minimum Gasteiger partial charge on any atom is -0.292 e. The molecule has 0 unspecified atom stereocenters. The maximum Gasteiger partial charge on any atom is 0.165 e. The van der Waals surface area contributed by atoms with Gasteiger partial charge in [0.15, 0.2) is 5.65 Å². The van der Waals surface area contributed by atoms with E-state index in [2.05, 4.69) is 168 Å². The normalized spacial score (nSPS) is 11.5. The lowest BCUT2D eigenvalue weighted by atomic mass is 9.93. The molecule has 8 aromatic carbocycles. The molecule has 3 heteroatoms. The molecule has 0 aliphatic rings. The van der Waals surface area contributed by atoms with Crippen molar-refractivity contribution < 1.29 is 0 Å². The smallest absolute Gasteiger partial charge is 0.165 e. The van der Waals surface area contributed by atoms with Crippen molar-refractivity contribution in [3.8, 4) is 50.2 Å². The molecule has 0 bridgehead atoms. The van der Waals surface area contributed by atoms with Crippen LogP contribution in [0.3, 0.4) is 0 Å². The molecular formula is C48H31N3. The Balaban J connectivity index is 1.22. The van der Waals surface area contributed by atoms with Crippen LogP contribution in [-0.2, 0) is 0 Å². The van der Waals surface area contributed by atoms with Gasteiger partial charge in [-0.25, -0.2) is 9.97 Å². The summed E-state index contributed by atoms with van der Waals surface area (Å²) in [7, 11) is 0. The van der Waals surface area contributed by atoms with Crippen molar-refractivity contribution in [2.24, 2.45) is 0 Å². The topological polar surface area (TPSA) is 30.7 Å². The number of nitrogens with zero attached hydrogens (tertiary/aromatic N) is 3. The predicted molar refractivity (Wildman–Crippen MR) is 213 cm³/mol. The van der Waals surface area contributed by atoms with Crippen LogP contribution in [0.2, 0.25) is 0 Å². The molecular weight excluding hydrogens is 619 g/mol. The van der Waals surface area contributed by atoms with Crippen LogP contribution in [0.1, 0.15) is 0 Å². The van der Waals surface area contributed by atoms with Crippen molar-refractivity contribution in [1.29, 1.82) is 0 Å². The lowest BCUT2D eigenvalue weighted by Gasteiger charge is -2.13. The highest BCUT2D eigenvalue weighted by Gasteiger charge is 2.18. The van der Waals surface area contributed by atoms with Crippen LogP contribution in [0.5, 0.6) is 0 Å². The fraction of sp³-hybridized carbons (Fsp3) is 0. The fourth-order valence-corrected chi connectivity index (χ4v) is 7.47. The van der Waals surface area contributed by atoms with E-state index in [-0.39, 0.29) is 0 Å². The van der Waals surface area contributed by atoms with Gasteiger partial charge in [0.2, 0.25) is 0 Å². The second-order valence-corrected chi connectivity index (χ2v) is 13.1. The molecule has 51 heavy (non-hydrogen) atoms. The van der Waals surface area contributed by atoms with E-state index in [0.717, 1.165) is 49.9 Å². The first kappa shape index (κ1) is 29.1. The fourth-order valence-electron chi connectivity index (χ4n) is 7.47. The van der Waals surface area contributed by atoms with Gasteiger partial charge in [-0.15, -0.1) is 0 Å². The first-order chi connectivity index (χ1) is 25.3. The van der Waals surface area contributed by atoms with Crippen LogP contribution in [0.15, 0.2) is 188 Å². The van der Waals surface area contributed by atoms with E-state index >= 15 is 0 Å². The highest BCUT2D eigenvalue weighted by Crippen LogP contribution is 2.38. The summed E-state index contributed by atoms with van der Waals surface area (Å²) in [6.45, 7) is 0. The molecule has 2 heterocycles. The Morgan fingerprint density at radius 1 is 0.353 bits per heavy atom. The molecule has 0 amide bonds. The van der Waals surface area contributed by atoms with E-state index in [0.29, 0.717) is 0 Å². The number of benzene rings is 8. The summed E-state index contributed by atoms with van der Waals surface area (Å²) in [4.78, 5) is 10.4. The predicted octanol–water partition coefficient (Wildman–Crippen LogP) is 12.5. The number of rotatable bonds is 5. The van der Waals surface area contributed by atoms with E-state index in [9.17, 15) is 0 Å². The highest BCUT2D eigenvalue weighted by molar-refractivity contribution is 6.09. The molecule has 10 rings (SSSR count). The lowest BCUT2D eigenvalue weighted by molar-refractivity contribution is 1.14. The summed E-state index contributed by atoms with van der Waals surface area (Å²) in [6, 6.07) is 67.0. The van der Waals surface area contributed by atoms with Crippen LogP contribution in [0.4, 0.5) is 0 Å². The number of para-hydroxylation sites is 2. The van der Waals surface area contributed by atoms with Gasteiger partial charge in [0, 0.05) is 11.1 Å². The monoisotopic (exact) mass is 649 g/mol. The molecule has 238 valence electrons. The third-order valence-corrected chi connectivity index (χ3v) is 9.95. The van der Waals surface area contributed by atoms with E-state index < -0.39 is 0 Å². The Hall–Kier alpha value is -6.84. The summed E-state index contributed by atoms with van der Waals surface area (Å²) in [6.07, 6.45) is 0. The SMILES string of the molecule is c1ccc(-c2cc(-c3ccccc3)cc(-c3ccc4c5nc6ccccc6nc5n(-c5ccc6c(-c7ccccc7)cccc6c5)c4c3)c2)cc1. The van der Waals surface area contributed by atoms with Gasteiger partial charge < -0.3 is 0 Å². The van der Waals surface area contributed by atoms with E-state index in [4.69, 9.17) is 9.97 Å². The second-order valence-electron chi connectivity index (χ2n) is 13.1. The maximum atomic E-state index is 5.25. The van der Waals surface area contributed by atoms with Gasteiger partial charge in [-0.3, -0.25) is 4.57 Å². The van der Waals surface area contributed by atoms with E-state index in [1.54, 1.807) is 0 Å². The molecule has 0 radical (unpaired) electrons. The van der Waals surface area contributed by atoms with Crippen molar-refractivity contribution in [3.63, 3.8) is 0 Å². The Kier molecular flexibility index (Phi) is 6.81. The third-order valence-electron chi connectivity index (χ3n) is 9.95. The van der Waals surface area contributed by atoms with Crippen molar-refractivity contribution in [3.05, 3.63) is 188 Å². The summed E-state index contributed by atoms with van der Waals surface area (Å²) in [5.74, 6) is 0. The molecule has 0 atom stereocenters. The number of aromatic nitrogens is 3. The average Bonchev–Trinajstić information content (AvgIpc) is 3.52. The van der Waals surface area contributed by atoms with Crippen molar-refractivity contribution in [2.75, 3.05) is 0 Å². The Morgan fingerprint density at radius 2 is 0.922 bits per heavy atom. The zero-order valence-corrected chi connectivity index (χ0v) is 27.7. The molecule has 3 nitrogen and oxygen atoms in total. The molecule has 0 saturated carbocycles. The molecule has 0 aliphatic heterocycles. The van der Waals surface area contributed by atoms with Crippen LogP contribution >= 0.6 is 0 Å². The standard InChI is InChI=1S/C48H31N3/c1-4-13-32(14-5-1)37-27-38(33-15-6-2-7-16-33)29-39(28-37)35-23-25-43-46(31-35)51(48-47(43)49-44-21-10-11-22-45(44)50-48)40-24-26-42-36(30-40)19-12-20-41(42)34-17-8-3-9-18-34/h1-31H. The highest BCUT2D eigenvalue weighted by atomic mass is 15.1. The van der Waals surface area contributed by atoms with Crippen molar-refractivity contribution in [2.45, 2.75) is 0 Å². The van der Waals surface area contributed by atoms with E-state index in [1.165, 1.54) is 44.2 Å². The Bertz CT molecular complexity index is 2830. The zero-order chi connectivity index (χ0) is 33.7. The molecule has 0 spiro atoms. The summed E-state index contributed by atoms with van der Waals surface area (Å²) < 4.78 is 2.29. The molecule has 0 fully saturated rings. The Labute approximate surface area is 295 Å². The van der Waals surface area contributed by atoms with Gasteiger partial charge >= 0.3 is 0 Å². The summed E-state index contributed by atoms with van der Waals surface area (Å²) in [5, 5.41) is 3.47. The van der Waals surface area contributed by atoms with Gasteiger partial charge in [-0.05, 0) is 110 Å². The molecule has 0 N–H and O–H groups in total. The second kappa shape index (κ2) is 11.9. The van der Waals surface area contributed by atoms with Gasteiger partial charge in [0.1, 0.15) is 5.52 Å². The van der Waals surface area contributed by atoms with Crippen LogP contribution in [0, 0.1) is 0 Å². The number of hydrogen-bond acceptors (Lipinski definition) is 2. The Morgan fingerprint density at radius 3 is 1.59 bits per heavy atom. The number of hydrogen-bond donors (Lipinski definition) is 0. The average molecular weight is 650 g/mol. The first-order valence-electron chi connectivity index (χ1n) is 17.3. The quantitative estimate of drug-likeness (QED) is 0.186. The van der Waals surface area contributed by atoms with Gasteiger partial charge in [0.05, 0.1) is 16.6 Å². The van der Waals surface area contributed by atoms with Crippen molar-refractivity contribution in [1.82, 2.24) is 14.5 Å². The largest absolute Gasteiger partial charge is 0.292 e.